The molecule has 1 aromatic heterocycles. The van der Waals surface area contributed by atoms with Crippen molar-refractivity contribution >= 4 is 11.9 Å². The highest BCUT2D eigenvalue weighted by molar-refractivity contribution is 5.94. The average molecular weight is 294 g/mol. The number of esters is 1. The number of hydrogen-bond acceptors (Lipinski definition) is 5. The van der Waals surface area contributed by atoms with Gasteiger partial charge < -0.3 is 15.4 Å². The van der Waals surface area contributed by atoms with E-state index in [4.69, 9.17) is 4.74 Å². The van der Waals surface area contributed by atoms with Gasteiger partial charge in [0, 0.05) is 43.7 Å². The molecule has 0 spiro atoms. The van der Waals surface area contributed by atoms with E-state index in [0.717, 1.165) is 24.2 Å². The number of carbonyl (C=O) groups excluding carboxylic acids is 2. The summed E-state index contributed by atoms with van der Waals surface area (Å²) in [7, 11) is 0. The molecule has 116 valence electrons. The van der Waals surface area contributed by atoms with Crippen molar-refractivity contribution in [3.8, 4) is 0 Å². The van der Waals surface area contributed by atoms with Crippen LogP contribution in [0.25, 0.3) is 0 Å². The molecule has 3 N–H and O–H groups in total. The van der Waals surface area contributed by atoms with Gasteiger partial charge in [0.2, 0.25) is 0 Å². The summed E-state index contributed by atoms with van der Waals surface area (Å²) >= 11 is 0. The Morgan fingerprint density at radius 3 is 3.05 bits per heavy atom. The lowest BCUT2D eigenvalue weighted by molar-refractivity contribution is -0.144. The summed E-state index contributed by atoms with van der Waals surface area (Å²) < 4.78 is 4.89. The van der Waals surface area contributed by atoms with Gasteiger partial charge in [-0.05, 0) is 12.8 Å². The second-order valence-corrected chi connectivity index (χ2v) is 5.28. The fourth-order valence-electron chi connectivity index (χ4n) is 2.34. The SMILES string of the molecule is CCOC(=O)CC(C)CNC(=O)c1n[nH]c2c1CNCC2. The van der Waals surface area contributed by atoms with E-state index >= 15 is 0 Å². The molecule has 2 heterocycles. The van der Waals surface area contributed by atoms with Gasteiger partial charge in [-0.25, -0.2) is 0 Å². The zero-order valence-electron chi connectivity index (χ0n) is 12.5. The van der Waals surface area contributed by atoms with Gasteiger partial charge in [0.25, 0.3) is 5.91 Å². The Kier molecular flexibility index (Phi) is 5.32. The highest BCUT2D eigenvalue weighted by Gasteiger charge is 2.21. The van der Waals surface area contributed by atoms with E-state index in [2.05, 4.69) is 20.8 Å². The van der Waals surface area contributed by atoms with Crippen molar-refractivity contribution in [2.24, 2.45) is 5.92 Å². The smallest absolute Gasteiger partial charge is 0.306 e. The molecular formula is C14H22N4O3. The highest BCUT2D eigenvalue weighted by Crippen LogP contribution is 2.15. The Morgan fingerprint density at radius 2 is 2.29 bits per heavy atom. The van der Waals surface area contributed by atoms with E-state index in [-0.39, 0.29) is 17.8 Å². The third-order valence-corrected chi connectivity index (χ3v) is 3.45. The van der Waals surface area contributed by atoms with Gasteiger partial charge in [-0.3, -0.25) is 14.7 Å². The molecule has 7 heteroatoms. The number of hydrogen-bond donors (Lipinski definition) is 3. The van der Waals surface area contributed by atoms with E-state index < -0.39 is 0 Å². The van der Waals surface area contributed by atoms with Crippen molar-refractivity contribution in [2.75, 3.05) is 19.7 Å². The molecule has 1 aliphatic heterocycles. The number of amides is 1. The summed E-state index contributed by atoms with van der Waals surface area (Å²) in [5.74, 6) is -0.409. The Labute approximate surface area is 123 Å². The largest absolute Gasteiger partial charge is 0.466 e. The molecule has 1 unspecified atom stereocenters. The van der Waals surface area contributed by atoms with Crippen LogP contribution in [0.4, 0.5) is 0 Å². The maximum absolute atomic E-state index is 12.2. The van der Waals surface area contributed by atoms with Crippen molar-refractivity contribution in [3.05, 3.63) is 17.0 Å². The normalized spacial score (nSPS) is 15.1. The van der Waals surface area contributed by atoms with Gasteiger partial charge >= 0.3 is 5.97 Å². The lowest BCUT2D eigenvalue weighted by Crippen LogP contribution is -2.31. The first-order valence-electron chi connectivity index (χ1n) is 7.32. The zero-order chi connectivity index (χ0) is 15.2. The zero-order valence-corrected chi connectivity index (χ0v) is 12.5. The molecule has 0 aromatic carbocycles. The molecule has 1 atom stereocenters. The fraction of sp³-hybridized carbons (Fsp3) is 0.643. The maximum atomic E-state index is 12.2. The van der Waals surface area contributed by atoms with Crippen molar-refractivity contribution in [3.63, 3.8) is 0 Å². The second kappa shape index (κ2) is 7.21. The van der Waals surface area contributed by atoms with Crippen LogP contribution in [0.3, 0.4) is 0 Å². The molecule has 0 radical (unpaired) electrons. The number of carbonyl (C=O) groups is 2. The second-order valence-electron chi connectivity index (χ2n) is 5.28. The molecule has 0 fully saturated rings. The van der Waals surface area contributed by atoms with Crippen LogP contribution >= 0.6 is 0 Å². The summed E-state index contributed by atoms with van der Waals surface area (Å²) in [5, 5.41) is 13.1. The molecule has 0 saturated carbocycles. The van der Waals surface area contributed by atoms with Gasteiger partial charge in [-0.15, -0.1) is 0 Å². The topological polar surface area (TPSA) is 96.1 Å². The van der Waals surface area contributed by atoms with Crippen LogP contribution in [0.5, 0.6) is 0 Å². The summed E-state index contributed by atoms with van der Waals surface area (Å²) in [4.78, 5) is 23.5. The van der Waals surface area contributed by atoms with Crippen LogP contribution in [-0.2, 0) is 22.5 Å². The van der Waals surface area contributed by atoms with Crippen LogP contribution < -0.4 is 10.6 Å². The predicted molar refractivity (Wildman–Crippen MR) is 76.7 cm³/mol. The standard InChI is InChI=1S/C14H22N4O3/c1-3-21-12(19)6-9(2)7-16-14(20)13-10-8-15-5-4-11(10)17-18-13/h9,15H,3-8H2,1-2H3,(H,16,20)(H,17,18). The fourth-order valence-corrected chi connectivity index (χ4v) is 2.34. The van der Waals surface area contributed by atoms with Crippen molar-refractivity contribution in [1.82, 2.24) is 20.8 Å². The maximum Gasteiger partial charge on any atom is 0.306 e. The van der Waals surface area contributed by atoms with E-state index in [9.17, 15) is 9.59 Å². The van der Waals surface area contributed by atoms with Crippen LogP contribution in [0.15, 0.2) is 0 Å². The van der Waals surface area contributed by atoms with Gasteiger partial charge in [-0.1, -0.05) is 6.92 Å². The third kappa shape index (κ3) is 4.04. The van der Waals surface area contributed by atoms with Crippen LogP contribution in [-0.4, -0.2) is 41.8 Å². The summed E-state index contributed by atoms with van der Waals surface area (Å²) in [6.45, 7) is 6.04. The van der Waals surface area contributed by atoms with Gasteiger partial charge in [0.15, 0.2) is 5.69 Å². The predicted octanol–water partition coefficient (Wildman–Crippen LogP) is 0.375. The summed E-state index contributed by atoms with van der Waals surface area (Å²) in [6.07, 6.45) is 1.16. The molecule has 1 aliphatic rings. The Bertz CT molecular complexity index is 512. The first-order valence-corrected chi connectivity index (χ1v) is 7.32. The number of nitrogens with zero attached hydrogens (tertiary/aromatic N) is 1. The van der Waals surface area contributed by atoms with E-state index in [0.29, 0.717) is 31.8 Å². The minimum atomic E-state index is -0.236. The van der Waals surface area contributed by atoms with Crippen molar-refractivity contribution in [1.29, 1.82) is 0 Å². The van der Waals surface area contributed by atoms with Crippen molar-refractivity contribution < 1.29 is 14.3 Å². The number of rotatable bonds is 6. The average Bonchev–Trinajstić information content (AvgIpc) is 2.89. The summed E-state index contributed by atoms with van der Waals surface area (Å²) in [5.41, 5.74) is 2.41. The van der Waals surface area contributed by atoms with Gasteiger partial charge in [-0.2, -0.15) is 5.10 Å². The third-order valence-electron chi connectivity index (χ3n) is 3.45. The lowest BCUT2D eigenvalue weighted by atomic mass is 10.1. The molecule has 2 rings (SSSR count). The monoisotopic (exact) mass is 294 g/mol. The number of aromatic amines is 1. The van der Waals surface area contributed by atoms with E-state index in [1.54, 1.807) is 6.92 Å². The first-order chi connectivity index (χ1) is 10.1. The van der Waals surface area contributed by atoms with Crippen LogP contribution in [0.2, 0.25) is 0 Å². The molecule has 1 amide bonds. The minimum absolute atomic E-state index is 0.0286. The van der Waals surface area contributed by atoms with Crippen LogP contribution in [0.1, 0.15) is 42.0 Å². The molecule has 0 aliphatic carbocycles. The van der Waals surface area contributed by atoms with Gasteiger partial charge in [0.05, 0.1) is 6.61 Å². The molecule has 7 nitrogen and oxygen atoms in total. The Balaban J connectivity index is 1.84. The van der Waals surface area contributed by atoms with Crippen LogP contribution in [0, 0.1) is 5.92 Å². The number of ether oxygens (including phenoxy) is 1. The molecule has 21 heavy (non-hydrogen) atoms. The number of H-pyrrole nitrogens is 1. The first kappa shape index (κ1) is 15.5. The molecular weight excluding hydrogens is 272 g/mol. The molecule has 0 bridgehead atoms. The highest BCUT2D eigenvalue weighted by atomic mass is 16.5. The quantitative estimate of drug-likeness (QED) is 0.659. The van der Waals surface area contributed by atoms with E-state index in [1.807, 2.05) is 6.92 Å². The Hall–Kier alpha value is -1.89. The Morgan fingerprint density at radius 1 is 1.48 bits per heavy atom. The van der Waals surface area contributed by atoms with E-state index in [1.165, 1.54) is 0 Å². The number of nitrogens with one attached hydrogen (secondary N) is 3. The lowest BCUT2D eigenvalue weighted by Gasteiger charge is -2.14. The van der Waals surface area contributed by atoms with Gasteiger partial charge in [0.1, 0.15) is 0 Å². The minimum Gasteiger partial charge on any atom is -0.466 e. The number of aromatic nitrogens is 2. The number of fused-ring (bicyclic) bond motifs is 1. The summed E-state index contributed by atoms with van der Waals surface area (Å²) in [6, 6.07) is 0. The molecule has 0 saturated heterocycles. The molecule has 1 aromatic rings. The van der Waals surface area contributed by atoms with Crippen molar-refractivity contribution in [2.45, 2.75) is 33.2 Å².